The molecule has 1 saturated heterocycles. The van der Waals surface area contributed by atoms with Gasteiger partial charge in [0.1, 0.15) is 41.9 Å². The van der Waals surface area contributed by atoms with E-state index in [0.29, 0.717) is 10.9 Å². The number of anilines is 1. The van der Waals surface area contributed by atoms with E-state index in [0.717, 1.165) is 5.39 Å². The van der Waals surface area contributed by atoms with Crippen LogP contribution in [0.25, 0.3) is 21.9 Å². The molecule has 2 aromatic carbocycles. The molecule has 0 saturated carbocycles. The average Bonchev–Trinajstić information content (AvgIpc) is 3.52. The van der Waals surface area contributed by atoms with Crippen molar-refractivity contribution in [1.82, 2.24) is 24.6 Å². The van der Waals surface area contributed by atoms with E-state index >= 15 is 0 Å². The molecule has 7 atom stereocenters. The molecular formula is C29H37N6O8P. The maximum Gasteiger partial charge on any atom is 0.459 e. The molecule has 1 fully saturated rings. The molecule has 0 amide bonds. The molecule has 14 nitrogen and oxygen atoms in total. The average molecular weight is 629 g/mol. The Morgan fingerprint density at radius 3 is 2.59 bits per heavy atom. The fraction of sp³-hybridized carbons (Fsp3) is 0.448. The number of carbonyl (C=O) groups excluding carboxylic acids is 1. The Hall–Kier alpha value is -3.65. The molecule has 0 radical (unpaired) electrons. The van der Waals surface area contributed by atoms with Gasteiger partial charge in [-0.15, -0.1) is 0 Å². The van der Waals surface area contributed by atoms with Crippen LogP contribution in [0.1, 0.15) is 40.8 Å². The van der Waals surface area contributed by atoms with Crippen LogP contribution < -0.4 is 15.3 Å². The molecule has 5 rings (SSSR count). The molecular weight excluding hydrogens is 591 g/mol. The normalized spacial score (nSPS) is 23.3. The van der Waals surface area contributed by atoms with Crippen molar-refractivity contribution in [3.05, 3.63) is 55.1 Å². The molecule has 3 heterocycles. The van der Waals surface area contributed by atoms with Crippen molar-refractivity contribution >= 4 is 41.5 Å². The third-order valence-electron chi connectivity index (χ3n) is 7.03. The number of aliphatic hydroxyl groups is 2. The predicted molar refractivity (Wildman–Crippen MR) is 161 cm³/mol. The van der Waals surface area contributed by atoms with Crippen LogP contribution in [0.5, 0.6) is 5.75 Å². The Morgan fingerprint density at radius 1 is 1.11 bits per heavy atom. The second-order valence-electron chi connectivity index (χ2n) is 12.0. The number of hydrogen-bond acceptors (Lipinski definition) is 12. The number of aromatic nitrogens is 4. The highest BCUT2D eigenvalue weighted by molar-refractivity contribution is 7.52. The Kier molecular flexibility index (Phi) is 8.94. The van der Waals surface area contributed by atoms with E-state index in [1.54, 1.807) is 18.2 Å². The lowest BCUT2D eigenvalue weighted by Gasteiger charge is -2.29. The molecule has 0 spiro atoms. The summed E-state index contributed by atoms with van der Waals surface area (Å²) in [5.41, 5.74) is 6.20. The molecule has 44 heavy (non-hydrogen) atoms. The molecule has 236 valence electrons. The SMILES string of the molecule is C[C@H](NP(=O)(Oc1cccc2ccccc12)O[C@@H](C)[C@H]1O[C@@H](n2cnc3c(N)ncnc32)[C@H](O)[C@@H]1O)C(=O)OCC(C)(C)C. The minimum absolute atomic E-state index is 0.141. The van der Waals surface area contributed by atoms with Crippen LogP contribution in [0.4, 0.5) is 5.82 Å². The Balaban J connectivity index is 1.40. The van der Waals surface area contributed by atoms with Crippen molar-refractivity contribution in [2.24, 2.45) is 5.41 Å². The second kappa shape index (κ2) is 12.4. The smallest absolute Gasteiger partial charge is 0.459 e. The van der Waals surface area contributed by atoms with E-state index in [4.69, 9.17) is 24.3 Å². The molecule has 4 aromatic rings. The molecule has 0 bridgehead atoms. The number of nitrogens with one attached hydrogen (secondary N) is 1. The van der Waals surface area contributed by atoms with Crippen molar-refractivity contribution in [2.45, 2.75) is 71.3 Å². The van der Waals surface area contributed by atoms with Crippen molar-refractivity contribution < 1.29 is 38.1 Å². The van der Waals surface area contributed by atoms with Crippen LogP contribution in [0.15, 0.2) is 55.1 Å². The number of imidazole rings is 1. The van der Waals surface area contributed by atoms with Gasteiger partial charge in [-0.1, -0.05) is 57.2 Å². The topological polar surface area (TPSA) is 193 Å². The zero-order valence-electron chi connectivity index (χ0n) is 25.0. The summed E-state index contributed by atoms with van der Waals surface area (Å²) in [6.45, 7) is 8.89. The quantitative estimate of drug-likeness (QED) is 0.148. The highest BCUT2D eigenvalue weighted by atomic mass is 31.2. The van der Waals surface area contributed by atoms with E-state index in [2.05, 4.69) is 20.0 Å². The van der Waals surface area contributed by atoms with Gasteiger partial charge in [-0.2, -0.15) is 5.09 Å². The van der Waals surface area contributed by atoms with Gasteiger partial charge in [0.25, 0.3) is 0 Å². The molecule has 5 N–H and O–H groups in total. The molecule has 0 aliphatic carbocycles. The van der Waals surface area contributed by atoms with Crippen molar-refractivity contribution in [3.8, 4) is 5.75 Å². The van der Waals surface area contributed by atoms with E-state index in [1.165, 1.54) is 31.1 Å². The van der Waals surface area contributed by atoms with Gasteiger partial charge in [0, 0.05) is 5.39 Å². The first kappa shape index (κ1) is 31.8. The Morgan fingerprint density at radius 2 is 1.84 bits per heavy atom. The lowest BCUT2D eigenvalue weighted by Crippen LogP contribution is -2.41. The van der Waals surface area contributed by atoms with Crippen LogP contribution in [-0.2, 0) is 23.4 Å². The lowest BCUT2D eigenvalue weighted by molar-refractivity contribution is -0.148. The first-order valence-electron chi connectivity index (χ1n) is 14.1. The fourth-order valence-corrected chi connectivity index (χ4v) is 6.54. The molecule has 1 unspecified atom stereocenters. The first-order valence-corrected chi connectivity index (χ1v) is 15.7. The summed E-state index contributed by atoms with van der Waals surface area (Å²) in [6, 6.07) is 11.5. The maximum atomic E-state index is 14.4. The number of fused-ring (bicyclic) bond motifs is 2. The fourth-order valence-electron chi connectivity index (χ4n) is 4.82. The van der Waals surface area contributed by atoms with Crippen LogP contribution in [-0.4, -0.2) is 72.8 Å². The summed E-state index contributed by atoms with van der Waals surface area (Å²) >= 11 is 0. The number of aliphatic hydroxyl groups excluding tert-OH is 2. The molecule has 1 aliphatic rings. The largest absolute Gasteiger partial charge is 0.464 e. The highest BCUT2D eigenvalue weighted by Gasteiger charge is 2.49. The van der Waals surface area contributed by atoms with E-state index in [1.807, 2.05) is 45.0 Å². The summed E-state index contributed by atoms with van der Waals surface area (Å²) in [4.78, 5) is 25.1. The summed E-state index contributed by atoms with van der Waals surface area (Å²) in [6.07, 6.45) is -3.71. The first-order chi connectivity index (χ1) is 20.8. The third-order valence-corrected chi connectivity index (χ3v) is 8.78. The van der Waals surface area contributed by atoms with Gasteiger partial charge in [0.15, 0.2) is 17.7 Å². The number of benzene rings is 2. The zero-order valence-corrected chi connectivity index (χ0v) is 25.9. The van der Waals surface area contributed by atoms with Crippen LogP contribution >= 0.6 is 7.75 Å². The number of rotatable bonds is 10. The second-order valence-corrected chi connectivity index (χ2v) is 13.6. The van der Waals surface area contributed by atoms with Gasteiger partial charge in [-0.25, -0.2) is 19.5 Å². The number of nitrogens with zero attached hydrogens (tertiary/aromatic N) is 4. The van der Waals surface area contributed by atoms with Crippen LogP contribution in [0.2, 0.25) is 0 Å². The van der Waals surface area contributed by atoms with Gasteiger partial charge in [-0.05, 0) is 30.7 Å². The predicted octanol–water partition coefficient (Wildman–Crippen LogP) is 3.34. The molecule has 15 heteroatoms. The van der Waals surface area contributed by atoms with Crippen LogP contribution in [0, 0.1) is 5.41 Å². The maximum absolute atomic E-state index is 14.4. The number of carbonyl (C=O) groups is 1. The van der Waals surface area contributed by atoms with Gasteiger partial charge in [0.05, 0.1) is 19.0 Å². The van der Waals surface area contributed by atoms with Crippen molar-refractivity contribution in [3.63, 3.8) is 0 Å². The number of ether oxygens (including phenoxy) is 2. The van der Waals surface area contributed by atoms with E-state index in [-0.39, 0.29) is 29.2 Å². The summed E-state index contributed by atoms with van der Waals surface area (Å²) in [5, 5.41) is 26.1. The Bertz CT molecular complexity index is 1690. The lowest BCUT2D eigenvalue weighted by atomic mass is 9.99. The zero-order chi connectivity index (χ0) is 31.8. The van der Waals surface area contributed by atoms with Crippen molar-refractivity contribution in [1.29, 1.82) is 0 Å². The number of hydrogen-bond donors (Lipinski definition) is 4. The van der Waals surface area contributed by atoms with Crippen molar-refractivity contribution in [2.75, 3.05) is 12.3 Å². The highest BCUT2D eigenvalue weighted by Crippen LogP contribution is 2.49. The minimum atomic E-state index is -4.38. The summed E-state index contributed by atoms with van der Waals surface area (Å²) in [7, 11) is -4.38. The minimum Gasteiger partial charge on any atom is -0.464 e. The number of nitrogens with two attached hydrogens (primary N) is 1. The molecule has 1 aliphatic heterocycles. The Labute approximate surface area is 254 Å². The van der Waals surface area contributed by atoms with E-state index < -0.39 is 50.4 Å². The summed E-state index contributed by atoms with van der Waals surface area (Å²) in [5.74, 6) is -0.268. The standard InChI is InChI=1S/C29H37N6O8P/c1-16(28(38)40-13-29(3,4)5)34-44(39,43-20-12-8-10-18-9-6-7-11-19(18)20)42-17(2)24-22(36)23(37)27(41-24)35-15-33-21-25(30)31-14-32-26(21)35/h6-12,14-17,22-24,27,36-37H,13H2,1-5H3,(H,34,39)(H2,30,31,32)/t16-,17-,22-,23+,24+,27+,44?/m0/s1. The molecule has 2 aromatic heterocycles. The third kappa shape index (κ3) is 6.70. The van der Waals surface area contributed by atoms with E-state index in [9.17, 15) is 19.6 Å². The van der Waals surface area contributed by atoms with Gasteiger partial charge < -0.3 is 29.9 Å². The number of esters is 1. The monoisotopic (exact) mass is 628 g/mol. The van der Waals surface area contributed by atoms with Gasteiger partial charge in [-0.3, -0.25) is 13.9 Å². The van der Waals surface area contributed by atoms with Gasteiger partial charge >= 0.3 is 13.7 Å². The van der Waals surface area contributed by atoms with Crippen LogP contribution in [0.3, 0.4) is 0 Å². The summed E-state index contributed by atoms with van der Waals surface area (Å²) < 4.78 is 39.3. The number of nitrogen functional groups attached to an aromatic ring is 1. The van der Waals surface area contributed by atoms with Gasteiger partial charge in [0.2, 0.25) is 0 Å².